The monoisotopic (exact) mass is 208 g/mol. The second-order valence-electron chi connectivity index (χ2n) is 4.57. The van der Waals surface area contributed by atoms with Gasteiger partial charge < -0.3 is 9.84 Å². The van der Waals surface area contributed by atoms with E-state index >= 15 is 0 Å². The molecule has 2 rings (SSSR count). The molecular formula is C12H20N2O. The Morgan fingerprint density at radius 1 is 1.33 bits per heavy atom. The van der Waals surface area contributed by atoms with E-state index in [2.05, 4.69) is 31.2 Å². The smallest absolute Gasteiger partial charge is 0.143 e. The molecule has 0 aromatic carbocycles. The summed E-state index contributed by atoms with van der Waals surface area (Å²) in [4.78, 5) is 0. The van der Waals surface area contributed by atoms with Crippen LogP contribution in [0.1, 0.15) is 62.5 Å². The van der Waals surface area contributed by atoms with Crippen molar-refractivity contribution in [3.05, 3.63) is 17.0 Å². The minimum atomic E-state index is 0.541. The minimum absolute atomic E-state index is 0.541. The lowest BCUT2D eigenvalue weighted by Crippen LogP contribution is -2.16. The number of rotatable bonds is 3. The number of fused-ring (bicyclic) bond motifs is 1. The molecule has 0 spiro atoms. The van der Waals surface area contributed by atoms with Crippen molar-refractivity contribution in [3.63, 3.8) is 0 Å². The van der Waals surface area contributed by atoms with E-state index in [-0.39, 0.29) is 0 Å². The van der Waals surface area contributed by atoms with Gasteiger partial charge in [-0.25, -0.2) is 0 Å². The fraction of sp³-hybridized carbons (Fsp3) is 0.750. The number of hydrogen-bond donors (Lipinski definition) is 1. The molecule has 0 saturated carbocycles. The van der Waals surface area contributed by atoms with Crippen molar-refractivity contribution < 1.29 is 4.52 Å². The molecule has 2 unspecified atom stereocenters. The molecule has 1 aliphatic rings. The van der Waals surface area contributed by atoms with E-state index in [9.17, 15) is 0 Å². The Hall–Kier alpha value is -0.830. The molecule has 3 nitrogen and oxygen atoms in total. The fourth-order valence-corrected chi connectivity index (χ4v) is 2.37. The Kier molecular flexibility index (Phi) is 3.10. The molecule has 1 aromatic heterocycles. The van der Waals surface area contributed by atoms with Crippen LogP contribution in [-0.2, 0) is 6.54 Å². The average molecular weight is 208 g/mol. The molecule has 15 heavy (non-hydrogen) atoms. The van der Waals surface area contributed by atoms with Crippen molar-refractivity contribution in [2.24, 2.45) is 0 Å². The average Bonchev–Trinajstić information content (AvgIpc) is 2.65. The van der Waals surface area contributed by atoms with Gasteiger partial charge >= 0.3 is 0 Å². The molecule has 3 heteroatoms. The third kappa shape index (κ3) is 1.93. The second-order valence-corrected chi connectivity index (χ2v) is 4.57. The van der Waals surface area contributed by atoms with Crippen molar-refractivity contribution in [1.29, 1.82) is 0 Å². The minimum Gasteiger partial charge on any atom is -0.361 e. The molecule has 0 saturated heterocycles. The lowest BCUT2D eigenvalue weighted by molar-refractivity contribution is 0.338. The highest BCUT2D eigenvalue weighted by Crippen LogP contribution is 2.39. The summed E-state index contributed by atoms with van der Waals surface area (Å²) in [5, 5.41) is 7.51. The van der Waals surface area contributed by atoms with Crippen LogP contribution in [0, 0.1) is 0 Å². The summed E-state index contributed by atoms with van der Waals surface area (Å²) >= 11 is 0. The Labute approximate surface area is 91.2 Å². The summed E-state index contributed by atoms with van der Waals surface area (Å²) in [5.74, 6) is 2.27. The zero-order valence-corrected chi connectivity index (χ0v) is 9.84. The molecule has 1 aliphatic carbocycles. The molecule has 0 radical (unpaired) electrons. The van der Waals surface area contributed by atoms with Gasteiger partial charge in [0.2, 0.25) is 0 Å². The highest BCUT2D eigenvalue weighted by Gasteiger charge is 2.29. The van der Waals surface area contributed by atoms with Gasteiger partial charge in [0.05, 0.1) is 0 Å². The first-order chi connectivity index (χ1) is 7.24. The zero-order valence-electron chi connectivity index (χ0n) is 9.84. The predicted molar refractivity (Wildman–Crippen MR) is 59.9 cm³/mol. The van der Waals surface area contributed by atoms with Crippen molar-refractivity contribution in [1.82, 2.24) is 10.5 Å². The van der Waals surface area contributed by atoms with Crippen LogP contribution in [-0.4, -0.2) is 11.7 Å². The molecule has 0 bridgehead atoms. The van der Waals surface area contributed by atoms with Crippen molar-refractivity contribution in [2.45, 2.75) is 52.0 Å². The van der Waals surface area contributed by atoms with Gasteiger partial charge in [0, 0.05) is 18.0 Å². The maximum atomic E-state index is 5.48. The van der Waals surface area contributed by atoms with Crippen molar-refractivity contribution in [3.8, 4) is 0 Å². The van der Waals surface area contributed by atoms with Crippen molar-refractivity contribution in [2.75, 3.05) is 6.54 Å². The van der Waals surface area contributed by atoms with E-state index in [1.165, 1.54) is 18.4 Å². The molecular weight excluding hydrogens is 188 g/mol. The normalized spacial score (nSPS) is 25.3. The zero-order chi connectivity index (χ0) is 10.8. The topological polar surface area (TPSA) is 38.1 Å². The van der Waals surface area contributed by atoms with Crippen LogP contribution < -0.4 is 5.32 Å². The molecule has 2 atom stereocenters. The Morgan fingerprint density at radius 3 is 2.80 bits per heavy atom. The fourth-order valence-electron chi connectivity index (χ4n) is 2.37. The van der Waals surface area contributed by atoms with E-state index in [0.717, 1.165) is 24.5 Å². The summed E-state index contributed by atoms with van der Waals surface area (Å²) in [7, 11) is 0. The van der Waals surface area contributed by atoms with Crippen molar-refractivity contribution >= 4 is 0 Å². The SMILES string of the molecule is CCNCc1noc2c1C(C)CCC2C. The van der Waals surface area contributed by atoms with Crippen LogP contribution >= 0.6 is 0 Å². The lowest BCUT2D eigenvalue weighted by atomic mass is 9.82. The maximum Gasteiger partial charge on any atom is 0.143 e. The third-order valence-corrected chi connectivity index (χ3v) is 3.35. The van der Waals surface area contributed by atoms with Gasteiger partial charge in [-0.3, -0.25) is 0 Å². The Balaban J connectivity index is 2.26. The Bertz CT molecular complexity index is 332. The number of hydrogen-bond acceptors (Lipinski definition) is 3. The van der Waals surface area contributed by atoms with Crippen LogP contribution in [0.2, 0.25) is 0 Å². The summed E-state index contributed by atoms with van der Waals surface area (Å²) < 4.78 is 5.48. The Morgan fingerprint density at radius 2 is 2.07 bits per heavy atom. The summed E-state index contributed by atoms with van der Waals surface area (Å²) in [6.07, 6.45) is 2.48. The van der Waals surface area contributed by atoms with Crippen LogP contribution in [0.4, 0.5) is 0 Å². The summed E-state index contributed by atoms with van der Waals surface area (Å²) in [5.41, 5.74) is 2.49. The predicted octanol–water partition coefficient (Wildman–Crippen LogP) is 2.78. The molecule has 1 heterocycles. The van der Waals surface area contributed by atoms with E-state index < -0.39 is 0 Å². The van der Waals surface area contributed by atoms with Crippen LogP contribution in [0.5, 0.6) is 0 Å². The molecule has 0 fully saturated rings. The van der Waals surface area contributed by atoms with Gasteiger partial charge in [0.15, 0.2) is 0 Å². The first-order valence-corrected chi connectivity index (χ1v) is 5.93. The van der Waals surface area contributed by atoms with Crippen LogP contribution in [0.3, 0.4) is 0 Å². The highest BCUT2D eigenvalue weighted by molar-refractivity contribution is 5.31. The van der Waals surface area contributed by atoms with Gasteiger partial charge in [-0.2, -0.15) is 0 Å². The first kappa shape index (κ1) is 10.7. The summed E-state index contributed by atoms with van der Waals surface area (Å²) in [6, 6.07) is 0. The summed E-state index contributed by atoms with van der Waals surface area (Å²) in [6.45, 7) is 8.43. The first-order valence-electron chi connectivity index (χ1n) is 5.93. The lowest BCUT2D eigenvalue weighted by Gasteiger charge is -2.22. The molecule has 1 N–H and O–H groups in total. The number of nitrogens with zero attached hydrogens (tertiary/aromatic N) is 1. The van der Waals surface area contributed by atoms with Gasteiger partial charge in [-0.05, 0) is 25.3 Å². The van der Waals surface area contributed by atoms with E-state index in [1.54, 1.807) is 0 Å². The highest BCUT2D eigenvalue weighted by atomic mass is 16.5. The molecule has 0 aliphatic heterocycles. The van der Waals surface area contributed by atoms with E-state index in [1.807, 2.05) is 0 Å². The van der Waals surface area contributed by atoms with Gasteiger partial charge in [0.25, 0.3) is 0 Å². The largest absolute Gasteiger partial charge is 0.361 e. The number of aromatic nitrogens is 1. The molecule has 1 aromatic rings. The van der Waals surface area contributed by atoms with Gasteiger partial charge in [-0.1, -0.05) is 25.9 Å². The standard InChI is InChI=1S/C12H20N2O/c1-4-13-7-10-11-8(2)5-6-9(3)12(11)15-14-10/h8-9,13H,4-7H2,1-3H3. The van der Waals surface area contributed by atoms with E-state index in [4.69, 9.17) is 4.52 Å². The van der Waals surface area contributed by atoms with E-state index in [0.29, 0.717) is 11.8 Å². The molecule has 84 valence electrons. The quantitative estimate of drug-likeness (QED) is 0.830. The second kappa shape index (κ2) is 4.35. The van der Waals surface area contributed by atoms with Gasteiger partial charge in [-0.15, -0.1) is 0 Å². The molecule has 0 amide bonds. The maximum absolute atomic E-state index is 5.48. The van der Waals surface area contributed by atoms with Crippen LogP contribution in [0.25, 0.3) is 0 Å². The third-order valence-electron chi connectivity index (χ3n) is 3.35. The van der Waals surface area contributed by atoms with Crippen LogP contribution in [0.15, 0.2) is 4.52 Å². The number of nitrogens with one attached hydrogen (secondary N) is 1. The van der Waals surface area contributed by atoms with Gasteiger partial charge in [0.1, 0.15) is 11.5 Å².